The van der Waals surface area contributed by atoms with E-state index in [1.165, 1.54) is 6.92 Å². The molecule has 0 aromatic rings. The van der Waals surface area contributed by atoms with Gasteiger partial charge in [-0.15, -0.1) is 0 Å². The van der Waals surface area contributed by atoms with Gasteiger partial charge in [0.2, 0.25) is 0 Å². The van der Waals surface area contributed by atoms with E-state index in [0.29, 0.717) is 12.0 Å². The summed E-state index contributed by atoms with van der Waals surface area (Å²) in [5.41, 5.74) is 0.326. The molecule has 0 fully saturated rings. The van der Waals surface area contributed by atoms with Gasteiger partial charge < -0.3 is 10.2 Å². The van der Waals surface area contributed by atoms with Gasteiger partial charge in [-0.2, -0.15) is 0 Å². The number of rotatable bonds is 5. The van der Waals surface area contributed by atoms with Gasteiger partial charge in [-0.05, 0) is 26.2 Å². The fourth-order valence-electron chi connectivity index (χ4n) is 0.503. The van der Waals surface area contributed by atoms with Gasteiger partial charge in [0.15, 0.2) is 0 Å². The van der Waals surface area contributed by atoms with Crippen molar-refractivity contribution in [1.82, 2.24) is 0 Å². The summed E-state index contributed by atoms with van der Waals surface area (Å²) < 4.78 is 0. The summed E-state index contributed by atoms with van der Waals surface area (Å²) in [6, 6.07) is 0. The van der Waals surface area contributed by atoms with Gasteiger partial charge in [0.1, 0.15) is 0 Å². The zero-order chi connectivity index (χ0) is 8.69. The van der Waals surface area contributed by atoms with Crippen LogP contribution in [0.25, 0.3) is 0 Å². The number of unbranched alkanes of at least 4 members (excludes halogenated alkanes) is 2. The first kappa shape index (κ1) is 10.2. The number of carbonyl (C=O) groups is 1. The van der Waals surface area contributed by atoms with Crippen LogP contribution in [-0.4, -0.2) is 22.8 Å². The molecule has 0 bridgehead atoms. The number of hydrogen-bond donors (Lipinski definition) is 2. The minimum atomic E-state index is -0.901. The zero-order valence-corrected chi connectivity index (χ0v) is 6.45. The predicted octanol–water partition coefficient (Wildman–Crippen LogP) is 0.808. The van der Waals surface area contributed by atoms with Gasteiger partial charge >= 0.3 is 5.97 Å². The quantitative estimate of drug-likeness (QED) is 0.457. The van der Waals surface area contributed by atoms with Crippen LogP contribution in [0.1, 0.15) is 13.3 Å². The summed E-state index contributed by atoms with van der Waals surface area (Å²) in [6.45, 7) is 1.54. The summed E-state index contributed by atoms with van der Waals surface area (Å²) >= 11 is 0. The highest BCUT2D eigenvalue weighted by Crippen LogP contribution is 1.98. The number of carboxylic acid groups (broad SMARTS) is 1. The van der Waals surface area contributed by atoms with E-state index in [-0.39, 0.29) is 6.61 Å². The molecular formula is C8H12O3. The second-order valence-electron chi connectivity index (χ2n) is 2.08. The Morgan fingerprint density at radius 1 is 1.45 bits per heavy atom. The molecule has 0 aliphatic rings. The molecule has 0 rings (SSSR count). The third-order valence-corrected chi connectivity index (χ3v) is 1.17. The zero-order valence-electron chi connectivity index (χ0n) is 6.45. The molecule has 2 N–H and O–H groups in total. The summed E-state index contributed by atoms with van der Waals surface area (Å²) in [4.78, 5) is 10.2. The lowest BCUT2D eigenvalue weighted by Gasteiger charge is -1.93. The molecule has 0 heterocycles. The topological polar surface area (TPSA) is 57.5 Å². The molecule has 0 atom stereocenters. The van der Waals surface area contributed by atoms with Gasteiger partial charge in [0, 0.05) is 12.2 Å². The minimum absolute atomic E-state index is 0.0000406. The molecule has 0 saturated carbocycles. The number of aliphatic carboxylic acids is 1. The highest BCUT2D eigenvalue weighted by Gasteiger charge is 1.97. The normalized spacial score (nSPS) is 11.6. The van der Waals surface area contributed by atoms with Crippen molar-refractivity contribution in [3.05, 3.63) is 24.5 Å². The maximum atomic E-state index is 10.2. The molecule has 0 aromatic carbocycles. The lowest BCUT2D eigenvalue weighted by Crippen LogP contribution is -1.95. The Morgan fingerprint density at radius 2 is 2.09 bits per heavy atom. The molecule has 0 spiro atoms. The van der Waals surface area contributed by atoms with Crippen LogP contribution in [0.15, 0.2) is 11.6 Å². The highest BCUT2D eigenvalue weighted by molar-refractivity contribution is 5.85. The third kappa shape index (κ3) is 5.61. The lowest BCUT2D eigenvalue weighted by molar-refractivity contribution is -0.132. The molecule has 11 heavy (non-hydrogen) atoms. The number of allylic oxidation sites excluding steroid dienone is 1. The summed E-state index contributed by atoms with van der Waals surface area (Å²) in [5.74, 6) is -0.901. The Balaban J connectivity index is 3.48. The van der Waals surface area contributed by atoms with Crippen molar-refractivity contribution in [3.63, 3.8) is 0 Å². The molecule has 0 aliphatic carbocycles. The van der Waals surface area contributed by atoms with Gasteiger partial charge in [0.05, 0.1) is 0 Å². The molecule has 0 aromatic heterocycles. The van der Waals surface area contributed by atoms with Gasteiger partial charge in [-0.3, -0.25) is 0 Å². The van der Waals surface area contributed by atoms with E-state index in [4.69, 9.17) is 10.2 Å². The third-order valence-electron chi connectivity index (χ3n) is 1.17. The van der Waals surface area contributed by atoms with Crippen molar-refractivity contribution >= 4 is 5.97 Å². The number of hydrogen-bond acceptors (Lipinski definition) is 2. The van der Waals surface area contributed by atoms with Crippen molar-refractivity contribution < 1.29 is 15.0 Å². The fraction of sp³-hybridized carbons (Fsp3) is 0.375. The van der Waals surface area contributed by atoms with Crippen molar-refractivity contribution in [2.24, 2.45) is 0 Å². The first-order valence-electron chi connectivity index (χ1n) is 3.34. The number of carboxylic acids is 1. The highest BCUT2D eigenvalue weighted by atomic mass is 16.4. The lowest BCUT2D eigenvalue weighted by atomic mass is 10.2. The van der Waals surface area contributed by atoms with Crippen molar-refractivity contribution in [2.45, 2.75) is 13.3 Å². The maximum Gasteiger partial charge on any atom is 0.330 e. The van der Waals surface area contributed by atoms with Crippen molar-refractivity contribution in [3.8, 4) is 0 Å². The molecular weight excluding hydrogens is 144 g/mol. The van der Waals surface area contributed by atoms with Crippen LogP contribution in [0.4, 0.5) is 0 Å². The second kappa shape index (κ2) is 5.92. The van der Waals surface area contributed by atoms with E-state index in [0.717, 1.165) is 0 Å². The van der Waals surface area contributed by atoms with Crippen LogP contribution in [0.5, 0.6) is 0 Å². The standard InChI is InChI=1S/C8H12O3/c1-7(8(10)11)5-3-2-4-6-9/h2,4-5,9H,3,6H2,1H3,(H,10,11). The molecule has 0 unspecified atom stereocenters. The average molecular weight is 156 g/mol. The Labute approximate surface area is 66.4 Å². The second-order valence-corrected chi connectivity index (χ2v) is 2.08. The first-order chi connectivity index (χ1) is 5.18. The average Bonchev–Trinajstić information content (AvgIpc) is 1.97. The Hall–Kier alpha value is -0.830. The van der Waals surface area contributed by atoms with E-state index in [9.17, 15) is 4.79 Å². The van der Waals surface area contributed by atoms with Gasteiger partial charge in [-0.1, -0.05) is 6.08 Å². The van der Waals surface area contributed by atoms with E-state index in [1.54, 1.807) is 18.9 Å². The van der Waals surface area contributed by atoms with E-state index in [2.05, 4.69) is 0 Å². The Kier molecular flexibility index (Phi) is 5.47. The monoisotopic (exact) mass is 156 g/mol. The van der Waals surface area contributed by atoms with E-state index >= 15 is 0 Å². The van der Waals surface area contributed by atoms with Crippen LogP contribution < -0.4 is 0 Å². The van der Waals surface area contributed by atoms with Crippen molar-refractivity contribution in [1.29, 1.82) is 0 Å². The molecule has 3 nitrogen and oxygen atoms in total. The van der Waals surface area contributed by atoms with Crippen LogP contribution in [0, 0.1) is 12.8 Å². The number of aliphatic hydroxyl groups excluding tert-OH is 1. The molecule has 2 radical (unpaired) electrons. The summed E-state index contributed by atoms with van der Waals surface area (Å²) in [6.07, 6.45) is 5.44. The predicted molar refractivity (Wildman–Crippen MR) is 41.7 cm³/mol. The van der Waals surface area contributed by atoms with Crippen LogP contribution in [0.3, 0.4) is 0 Å². The van der Waals surface area contributed by atoms with Crippen LogP contribution in [-0.2, 0) is 4.79 Å². The SMILES string of the molecule is CC(=CC[CH][CH]CO)C(=O)O. The molecule has 0 aliphatic heterocycles. The van der Waals surface area contributed by atoms with Crippen LogP contribution in [0.2, 0.25) is 0 Å². The fourth-order valence-corrected chi connectivity index (χ4v) is 0.503. The summed E-state index contributed by atoms with van der Waals surface area (Å²) in [7, 11) is 0. The van der Waals surface area contributed by atoms with Gasteiger partial charge in [0.25, 0.3) is 0 Å². The molecule has 0 saturated heterocycles. The van der Waals surface area contributed by atoms with Gasteiger partial charge in [-0.25, -0.2) is 4.79 Å². The Morgan fingerprint density at radius 3 is 2.55 bits per heavy atom. The molecule has 0 amide bonds. The van der Waals surface area contributed by atoms with Crippen LogP contribution >= 0.6 is 0 Å². The largest absolute Gasteiger partial charge is 0.478 e. The van der Waals surface area contributed by atoms with E-state index < -0.39 is 5.97 Å². The summed E-state index contributed by atoms with van der Waals surface area (Å²) in [5, 5.41) is 16.7. The molecule has 3 heteroatoms. The maximum absolute atomic E-state index is 10.2. The van der Waals surface area contributed by atoms with Crippen molar-refractivity contribution in [2.75, 3.05) is 6.61 Å². The molecule has 62 valence electrons. The smallest absolute Gasteiger partial charge is 0.330 e. The van der Waals surface area contributed by atoms with E-state index in [1.807, 2.05) is 0 Å². The number of aliphatic hydroxyl groups is 1. The minimum Gasteiger partial charge on any atom is -0.478 e. The Bertz CT molecular complexity index is 149. The first-order valence-corrected chi connectivity index (χ1v) is 3.34.